The van der Waals surface area contributed by atoms with Crippen molar-refractivity contribution in [3.8, 4) is 0 Å². The Balaban J connectivity index is 1.63. The van der Waals surface area contributed by atoms with Gasteiger partial charge in [0.15, 0.2) is 0 Å². The minimum absolute atomic E-state index is 0.0207. The van der Waals surface area contributed by atoms with Gasteiger partial charge < -0.3 is 10.1 Å². The summed E-state index contributed by atoms with van der Waals surface area (Å²) in [5, 5.41) is 3.05. The lowest BCUT2D eigenvalue weighted by Crippen LogP contribution is -2.44. The summed E-state index contributed by atoms with van der Waals surface area (Å²) in [6, 6.07) is 6.64. The van der Waals surface area contributed by atoms with Crippen LogP contribution in [0.5, 0.6) is 0 Å². The number of allylic oxidation sites excluding steroid dienone is 2. The first-order chi connectivity index (χ1) is 11.7. The lowest BCUT2D eigenvalue weighted by molar-refractivity contribution is -0.122. The monoisotopic (exact) mass is 332 g/mol. The predicted octanol–water partition coefficient (Wildman–Crippen LogP) is 2.67. The number of hydrogen-bond donors (Lipinski definition) is 1. The molecule has 0 aromatic heterocycles. The molecule has 1 N–H and O–H groups in total. The summed E-state index contributed by atoms with van der Waals surface area (Å²) in [5.41, 5.74) is 0.901. The van der Waals surface area contributed by atoms with E-state index in [1.54, 1.807) is 12.1 Å². The zero-order valence-electron chi connectivity index (χ0n) is 13.9. The highest BCUT2D eigenvalue weighted by Gasteiger charge is 2.24. The highest BCUT2D eigenvalue weighted by molar-refractivity contribution is 5.76. The van der Waals surface area contributed by atoms with Crippen LogP contribution in [-0.4, -0.2) is 43.7 Å². The van der Waals surface area contributed by atoms with Crippen LogP contribution in [-0.2, 0) is 9.53 Å². The second-order valence-electron chi connectivity index (χ2n) is 6.49. The second kappa shape index (κ2) is 8.40. The number of amides is 1. The Bertz CT molecular complexity index is 584. The van der Waals surface area contributed by atoms with Crippen LogP contribution in [0.25, 0.3) is 0 Å². The topological polar surface area (TPSA) is 41.6 Å². The van der Waals surface area contributed by atoms with Crippen LogP contribution in [0.15, 0.2) is 36.4 Å². The molecule has 24 heavy (non-hydrogen) atoms. The molecular formula is C19H25FN2O2. The van der Waals surface area contributed by atoms with E-state index in [0.717, 1.165) is 31.5 Å². The van der Waals surface area contributed by atoms with E-state index in [1.165, 1.54) is 6.07 Å². The molecule has 1 heterocycles. The largest absolute Gasteiger partial charge is 0.379 e. The predicted molar refractivity (Wildman–Crippen MR) is 91.0 cm³/mol. The molecule has 0 spiro atoms. The van der Waals surface area contributed by atoms with Crippen molar-refractivity contribution < 1.29 is 13.9 Å². The summed E-state index contributed by atoms with van der Waals surface area (Å²) >= 11 is 0. The number of carbonyl (C=O) groups is 1. The van der Waals surface area contributed by atoms with Crippen molar-refractivity contribution in [3.63, 3.8) is 0 Å². The average Bonchev–Trinajstić information content (AvgIpc) is 3.09. The van der Waals surface area contributed by atoms with Crippen molar-refractivity contribution in [2.24, 2.45) is 5.92 Å². The van der Waals surface area contributed by atoms with E-state index < -0.39 is 0 Å². The van der Waals surface area contributed by atoms with E-state index in [1.807, 2.05) is 6.07 Å². The summed E-state index contributed by atoms with van der Waals surface area (Å²) in [4.78, 5) is 14.5. The summed E-state index contributed by atoms with van der Waals surface area (Å²) in [6.07, 6.45) is 6.93. The summed E-state index contributed by atoms with van der Waals surface area (Å²) < 4.78 is 19.0. The number of ether oxygens (including phenoxy) is 1. The second-order valence-corrected chi connectivity index (χ2v) is 6.49. The fourth-order valence-electron chi connectivity index (χ4n) is 3.45. The number of rotatable bonds is 6. The lowest BCUT2D eigenvalue weighted by Gasteiger charge is -2.35. The number of halogens is 1. The smallest absolute Gasteiger partial charge is 0.220 e. The molecule has 0 bridgehead atoms. The molecule has 4 nitrogen and oxygen atoms in total. The van der Waals surface area contributed by atoms with Gasteiger partial charge in [0, 0.05) is 26.1 Å². The summed E-state index contributed by atoms with van der Waals surface area (Å²) in [5.74, 6) is 0.190. The fourth-order valence-corrected chi connectivity index (χ4v) is 3.45. The van der Waals surface area contributed by atoms with E-state index in [0.29, 0.717) is 32.1 Å². The number of morpholine rings is 1. The van der Waals surface area contributed by atoms with Gasteiger partial charge in [-0.2, -0.15) is 0 Å². The zero-order chi connectivity index (χ0) is 16.8. The SMILES string of the molecule is O=C(C[C@@H]1C=CCC1)NC[C@@H](c1cccc(F)c1)N1CCOCC1. The maximum atomic E-state index is 13.6. The third kappa shape index (κ3) is 4.65. The molecule has 0 radical (unpaired) electrons. The number of carbonyl (C=O) groups excluding carboxylic acids is 1. The first-order valence-electron chi connectivity index (χ1n) is 8.73. The Morgan fingerprint density at radius 2 is 2.21 bits per heavy atom. The highest BCUT2D eigenvalue weighted by atomic mass is 19.1. The van der Waals surface area contributed by atoms with Gasteiger partial charge >= 0.3 is 0 Å². The Kier molecular flexibility index (Phi) is 5.99. The quantitative estimate of drug-likeness (QED) is 0.815. The van der Waals surface area contributed by atoms with E-state index >= 15 is 0 Å². The molecule has 0 unspecified atom stereocenters. The van der Waals surface area contributed by atoms with Crippen LogP contribution >= 0.6 is 0 Å². The molecule has 1 fully saturated rings. The van der Waals surface area contributed by atoms with Crippen molar-refractivity contribution in [2.45, 2.75) is 25.3 Å². The molecule has 1 aromatic rings. The van der Waals surface area contributed by atoms with Crippen LogP contribution in [0.2, 0.25) is 0 Å². The van der Waals surface area contributed by atoms with Gasteiger partial charge in [0.2, 0.25) is 5.91 Å². The van der Waals surface area contributed by atoms with Crippen molar-refractivity contribution in [1.29, 1.82) is 0 Å². The molecular weight excluding hydrogens is 307 g/mol. The average molecular weight is 332 g/mol. The molecule has 1 aromatic carbocycles. The minimum atomic E-state index is -0.242. The third-order valence-corrected chi connectivity index (χ3v) is 4.77. The highest BCUT2D eigenvalue weighted by Crippen LogP contribution is 2.23. The Hall–Kier alpha value is -1.72. The number of nitrogens with zero attached hydrogens (tertiary/aromatic N) is 1. The molecule has 1 aliphatic heterocycles. The minimum Gasteiger partial charge on any atom is -0.379 e. The van der Waals surface area contributed by atoms with Gasteiger partial charge in [-0.1, -0.05) is 24.3 Å². The number of nitrogens with one attached hydrogen (secondary N) is 1. The standard InChI is InChI=1S/C19H25FN2O2/c20-17-7-3-6-16(13-17)18(22-8-10-24-11-9-22)14-21-19(23)12-15-4-1-2-5-15/h1,3-4,6-7,13,15,18H,2,5,8-12,14H2,(H,21,23)/t15-,18+/m1/s1. The normalized spacial score (nSPS) is 22.5. The Morgan fingerprint density at radius 1 is 1.38 bits per heavy atom. The van der Waals surface area contributed by atoms with Gasteiger partial charge in [0.05, 0.1) is 19.3 Å². The Morgan fingerprint density at radius 3 is 2.92 bits per heavy atom. The lowest BCUT2D eigenvalue weighted by atomic mass is 10.0. The van der Waals surface area contributed by atoms with Crippen LogP contribution in [0.1, 0.15) is 30.9 Å². The van der Waals surface area contributed by atoms with Crippen molar-refractivity contribution in [3.05, 3.63) is 47.8 Å². The van der Waals surface area contributed by atoms with Gasteiger partial charge in [0.1, 0.15) is 5.82 Å². The Labute approximate surface area is 142 Å². The van der Waals surface area contributed by atoms with E-state index in [4.69, 9.17) is 4.74 Å². The van der Waals surface area contributed by atoms with Crippen molar-refractivity contribution >= 4 is 5.91 Å². The van der Waals surface area contributed by atoms with Crippen LogP contribution in [0.3, 0.4) is 0 Å². The van der Waals surface area contributed by atoms with Crippen LogP contribution < -0.4 is 5.32 Å². The van der Waals surface area contributed by atoms with Gasteiger partial charge in [0.25, 0.3) is 0 Å². The number of benzene rings is 1. The maximum Gasteiger partial charge on any atom is 0.220 e. The maximum absolute atomic E-state index is 13.6. The van der Waals surface area contributed by atoms with Gasteiger partial charge in [-0.25, -0.2) is 4.39 Å². The first kappa shape index (κ1) is 17.1. The van der Waals surface area contributed by atoms with Crippen LogP contribution in [0.4, 0.5) is 4.39 Å². The van der Waals surface area contributed by atoms with E-state index in [2.05, 4.69) is 22.4 Å². The van der Waals surface area contributed by atoms with Crippen LogP contribution in [0, 0.1) is 11.7 Å². The van der Waals surface area contributed by atoms with Gasteiger partial charge in [-0.3, -0.25) is 9.69 Å². The van der Waals surface area contributed by atoms with Crippen molar-refractivity contribution in [2.75, 3.05) is 32.8 Å². The molecule has 1 saturated heterocycles. The van der Waals surface area contributed by atoms with E-state index in [-0.39, 0.29) is 17.8 Å². The summed E-state index contributed by atoms with van der Waals surface area (Å²) in [7, 11) is 0. The zero-order valence-corrected chi connectivity index (χ0v) is 13.9. The van der Waals surface area contributed by atoms with Crippen molar-refractivity contribution in [1.82, 2.24) is 10.2 Å². The molecule has 2 aliphatic rings. The van der Waals surface area contributed by atoms with Gasteiger partial charge in [-0.15, -0.1) is 0 Å². The van der Waals surface area contributed by atoms with Gasteiger partial charge in [-0.05, 0) is 36.5 Å². The molecule has 130 valence electrons. The molecule has 1 amide bonds. The molecule has 2 atom stereocenters. The molecule has 5 heteroatoms. The summed E-state index contributed by atoms with van der Waals surface area (Å²) in [6.45, 7) is 3.43. The third-order valence-electron chi connectivity index (χ3n) is 4.77. The first-order valence-corrected chi connectivity index (χ1v) is 8.73. The molecule has 0 saturated carbocycles. The fraction of sp³-hybridized carbons (Fsp3) is 0.526. The molecule has 1 aliphatic carbocycles. The number of hydrogen-bond acceptors (Lipinski definition) is 3. The van der Waals surface area contributed by atoms with E-state index in [9.17, 15) is 9.18 Å². The molecule has 3 rings (SSSR count).